The van der Waals surface area contributed by atoms with Crippen LogP contribution in [0.2, 0.25) is 0 Å². The van der Waals surface area contributed by atoms with Crippen LogP contribution in [0.5, 0.6) is 0 Å². The van der Waals surface area contributed by atoms with Gasteiger partial charge in [0.2, 0.25) is 5.91 Å². The third kappa shape index (κ3) is 4.68. The fraction of sp³-hybridized carbons (Fsp3) is 0.440. The molecule has 31 heavy (non-hydrogen) atoms. The van der Waals surface area contributed by atoms with Crippen LogP contribution in [-0.2, 0) is 9.59 Å². The minimum absolute atomic E-state index is 0.168. The van der Waals surface area contributed by atoms with Gasteiger partial charge >= 0.3 is 5.97 Å². The van der Waals surface area contributed by atoms with Crippen molar-refractivity contribution in [3.63, 3.8) is 0 Å². The predicted octanol–water partition coefficient (Wildman–Crippen LogP) is 4.15. The number of rotatable bonds is 5. The summed E-state index contributed by atoms with van der Waals surface area (Å²) in [7, 11) is 0. The fourth-order valence-corrected chi connectivity index (χ4v) is 4.93. The van der Waals surface area contributed by atoms with Gasteiger partial charge in [0, 0.05) is 31.9 Å². The lowest BCUT2D eigenvalue weighted by Gasteiger charge is -2.38. The van der Waals surface area contributed by atoms with E-state index in [4.69, 9.17) is 0 Å². The minimum atomic E-state index is -0.861. The molecule has 1 aliphatic heterocycles. The van der Waals surface area contributed by atoms with Gasteiger partial charge in [-0.15, -0.1) is 0 Å². The molecule has 2 fully saturated rings. The van der Waals surface area contributed by atoms with Gasteiger partial charge in [0.25, 0.3) is 0 Å². The van der Waals surface area contributed by atoms with Crippen molar-refractivity contribution in [2.45, 2.75) is 32.6 Å². The number of benzene rings is 2. The number of carboxylic acids is 1. The molecule has 0 bridgehead atoms. The number of carbonyl (C=O) groups excluding carboxylic acids is 1. The van der Waals surface area contributed by atoms with Crippen molar-refractivity contribution in [3.8, 4) is 0 Å². The number of carbonyl (C=O) groups is 2. The molecule has 1 amide bonds. The molecule has 2 aromatic carbocycles. The van der Waals surface area contributed by atoms with Crippen LogP contribution in [0.1, 0.15) is 31.2 Å². The van der Waals surface area contributed by atoms with Gasteiger partial charge in [-0.05, 0) is 43.5 Å². The molecule has 0 aromatic heterocycles. The Hall–Kier alpha value is -3.02. The average molecular weight is 422 g/mol. The number of anilines is 3. The Bertz CT molecular complexity index is 937. The Labute approximate surface area is 183 Å². The van der Waals surface area contributed by atoms with Gasteiger partial charge in [0.1, 0.15) is 0 Å². The zero-order valence-corrected chi connectivity index (χ0v) is 18.1. The molecular formula is C25H31N3O3. The second-order valence-electron chi connectivity index (χ2n) is 8.60. The highest BCUT2D eigenvalue weighted by molar-refractivity contribution is 5.97. The van der Waals surface area contributed by atoms with Crippen molar-refractivity contribution in [1.82, 2.24) is 0 Å². The van der Waals surface area contributed by atoms with E-state index < -0.39 is 17.8 Å². The highest BCUT2D eigenvalue weighted by atomic mass is 16.4. The highest BCUT2D eigenvalue weighted by Gasteiger charge is 2.36. The normalized spacial score (nSPS) is 21.6. The Balaban J connectivity index is 1.45. The number of amides is 1. The number of hydrogen-bond donors (Lipinski definition) is 2. The molecule has 1 heterocycles. The smallest absolute Gasteiger partial charge is 0.307 e. The lowest BCUT2D eigenvalue weighted by atomic mass is 9.78. The molecule has 1 saturated heterocycles. The van der Waals surface area contributed by atoms with Crippen LogP contribution in [0.4, 0.5) is 17.1 Å². The molecule has 2 aliphatic rings. The van der Waals surface area contributed by atoms with E-state index in [1.807, 2.05) is 24.3 Å². The van der Waals surface area contributed by atoms with E-state index in [2.05, 4.69) is 46.3 Å². The van der Waals surface area contributed by atoms with E-state index in [1.165, 1.54) is 11.3 Å². The SMILES string of the molecule is Cc1ccccc1N1CCN(c2ccccc2NC(=O)[C@H]2CCCC[C@H]2C(=O)O)CC1. The summed E-state index contributed by atoms with van der Waals surface area (Å²) in [5.41, 5.74) is 4.33. The summed E-state index contributed by atoms with van der Waals surface area (Å²) in [5.74, 6) is -2.07. The van der Waals surface area contributed by atoms with E-state index in [-0.39, 0.29) is 5.91 Å². The first-order valence-corrected chi connectivity index (χ1v) is 11.2. The van der Waals surface area contributed by atoms with Crippen LogP contribution in [0, 0.1) is 18.8 Å². The van der Waals surface area contributed by atoms with Gasteiger partial charge in [-0.1, -0.05) is 43.2 Å². The minimum Gasteiger partial charge on any atom is -0.481 e. The standard InChI is InChI=1S/C25H31N3O3/c1-18-8-2-6-12-22(18)27-14-16-28(17-15-27)23-13-7-5-11-21(23)26-24(29)19-9-3-4-10-20(19)25(30)31/h2,5-8,11-13,19-20H,3-4,9-10,14-17H2,1H3,(H,26,29)(H,30,31)/t19-,20+/m0/s1. The summed E-state index contributed by atoms with van der Waals surface area (Å²) in [6.45, 7) is 5.70. The Kier molecular flexibility index (Phi) is 6.44. The van der Waals surface area contributed by atoms with Crippen molar-refractivity contribution in [1.29, 1.82) is 0 Å². The Morgan fingerprint density at radius 3 is 2.03 bits per heavy atom. The van der Waals surface area contributed by atoms with E-state index in [0.717, 1.165) is 50.4 Å². The van der Waals surface area contributed by atoms with Crippen LogP contribution >= 0.6 is 0 Å². The fourth-order valence-electron chi connectivity index (χ4n) is 4.93. The molecule has 1 aliphatic carbocycles. The number of para-hydroxylation sites is 3. The van der Waals surface area contributed by atoms with Gasteiger partial charge in [0.05, 0.1) is 23.2 Å². The number of hydrogen-bond acceptors (Lipinski definition) is 4. The first kappa shape index (κ1) is 21.2. The second-order valence-corrected chi connectivity index (χ2v) is 8.60. The van der Waals surface area contributed by atoms with E-state index in [0.29, 0.717) is 12.8 Å². The zero-order chi connectivity index (χ0) is 21.8. The number of aryl methyl sites for hydroxylation is 1. The maximum atomic E-state index is 13.0. The monoisotopic (exact) mass is 421 g/mol. The summed E-state index contributed by atoms with van der Waals surface area (Å²) in [6.07, 6.45) is 3.00. The third-order valence-corrected chi connectivity index (χ3v) is 6.66. The zero-order valence-electron chi connectivity index (χ0n) is 18.1. The molecule has 2 aromatic rings. The molecule has 0 radical (unpaired) electrons. The summed E-state index contributed by atoms with van der Waals surface area (Å²) in [5, 5.41) is 12.6. The predicted molar refractivity (Wildman–Crippen MR) is 124 cm³/mol. The van der Waals surface area contributed by atoms with Crippen LogP contribution < -0.4 is 15.1 Å². The molecule has 164 valence electrons. The van der Waals surface area contributed by atoms with Crippen molar-refractivity contribution in [3.05, 3.63) is 54.1 Å². The van der Waals surface area contributed by atoms with Crippen molar-refractivity contribution in [2.75, 3.05) is 41.3 Å². The van der Waals surface area contributed by atoms with Crippen molar-refractivity contribution in [2.24, 2.45) is 11.8 Å². The van der Waals surface area contributed by atoms with Crippen molar-refractivity contribution >= 4 is 28.9 Å². The van der Waals surface area contributed by atoms with E-state index in [9.17, 15) is 14.7 Å². The van der Waals surface area contributed by atoms with E-state index in [1.54, 1.807) is 0 Å². The van der Waals surface area contributed by atoms with Gasteiger partial charge in [-0.2, -0.15) is 0 Å². The molecule has 0 unspecified atom stereocenters. The molecule has 4 rings (SSSR count). The lowest BCUT2D eigenvalue weighted by molar-refractivity contribution is -0.147. The van der Waals surface area contributed by atoms with Crippen LogP contribution in [0.3, 0.4) is 0 Å². The van der Waals surface area contributed by atoms with Gasteiger partial charge < -0.3 is 20.2 Å². The van der Waals surface area contributed by atoms with Crippen LogP contribution in [0.15, 0.2) is 48.5 Å². The van der Waals surface area contributed by atoms with E-state index >= 15 is 0 Å². The van der Waals surface area contributed by atoms with Gasteiger partial charge in [0.15, 0.2) is 0 Å². The molecule has 6 nitrogen and oxygen atoms in total. The molecule has 2 atom stereocenters. The highest BCUT2D eigenvalue weighted by Crippen LogP contribution is 2.33. The number of aliphatic carboxylic acids is 1. The Morgan fingerprint density at radius 1 is 0.839 bits per heavy atom. The summed E-state index contributed by atoms with van der Waals surface area (Å²) >= 11 is 0. The first-order valence-electron chi connectivity index (χ1n) is 11.2. The number of nitrogens with zero attached hydrogens (tertiary/aromatic N) is 2. The number of piperazine rings is 1. The molecule has 1 saturated carbocycles. The topological polar surface area (TPSA) is 72.9 Å². The largest absolute Gasteiger partial charge is 0.481 e. The van der Waals surface area contributed by atoms with Crippen molar-refractivity contribution < 1.29 is 14.7 Å². The number of nitrogens with one attached hydrogen (secondary N) is 1. The molecule has 0 spiro atoms. The quantitative estimate of drug-likeness (QED) is 0.759. The van der Waals surface area contributed by atoms with Crippen LogP contribution in [0.25, 0.3) is 0 Å². The molecule has 2 N–H and O–H groups in total. The number of carboxylic acid groups (broad SMARTS) is 1. The molecule has 6 heteroatoms. The average Bonchev–Trinajstić information content (AvgIpc) is 2.80. The summed E-state index contributed by atoms with van der Waals surface area (Å²) in [6, 6.07) is 16.3. The maximum Gasteiger partial charge on any atom is 0.307 e. The summed E-state index contributed by atoms with van der Waals surface area (Å²) in [4.78, 5) is 29.3. The van der Waals surface area contributed by atoms with Gasteiger partial charge in [-0.25, -0.2) is 0 Å². The first-order chi connectivity index (χ1) is 15.0. The molecular weight excluding hydrogens is 390 g/mol. The maximum absolute atomic E-state index is 13.0. The van der Waals surface area contributed by atoms with Crippen LogP contribution in [-0.4, -0.2) is 43.2 Å². The second kappa shape index (κ2) is 9.41. The van der Waals surface area contributed by atoms with Gasteiger partial charge in [-0.3, -0.25) is 9.59 Å². The summed E-state index contributed by atoms with van der Waals surface area (Å²) < 4.78 is 0. The Morgan fingerprint density at radius 2 is 1.39 bits per heavy atom. The third-order valence-electron chi connectivity index (χ3n) is 6.66. The lowest BCUT2D eigenvalue weighted by Crippen LogP contribution is -2.47.